The number of fused-ring (bicyclic) bond motifs is 1. The third-order valence-electron chi connectivity index (χ3n) is 5.34. The van der Waals surface area contributed by atoms with Gasteiger partial charge in [-0.3, -0.25) is 14.5 Å². The zero-order valence-corrected chi connectivity index (χ0v) is 17.8. The second kappa shape index (κ2) is 7.69. The fourth-order valence-electron chi connectivity index (χ4n) is 3.79. The summed E-state index contributed by atoms with van der Waals surface area (Å²) in [5.41, 5.74) is 1.09. The van der Waals surface area contributed by atoms with Gasteiger partial charge < -0.3 is 9.88 Å². The molecule has 8 nitrogen and oxygen atoms in total. The lowest BCUT2D eigenvalue weighted by Gasteiger charge is -2.32. The molecule has 1 atom stereocenters. The summed E-state index contributed by atoms with van der Waals surface area (Å²) in [5, 5.41) is 3.88. The number of aromatic nitrogens is 6. The van der Waals surface area contributed by atoms with Crippen LogP contribution in [0, 0.1) is 0 Å². The van der Waals surface area contributed by atoms with Gasteiger partial charge in [0.05, 0.1) is 40.3 Å². The second-order valence-corrected chi connectivity index (χ2v) is 7.91. The number of amides is 1. The molecule has 0 bridgehead atoms. The van der Waals surface area contributed by atoms with Crippen LogP contribution >= 0.6 is 11.6 Å². The van der Waals surface area contributed by atoms with Crippen LogP contribution in [0.5, 0.6) is 0 Å². The van der Waals surface area contributed by atoms with Gasteiger partial charge in [-0.15, -0.1) is 0 Å². The molecule has 0 fully saturated rings. The molecule has 0 saturated heterocycles. The number of anilines is 1. The molecular formula is C21H15ClF3N7O. The summed E-state index contributed by atoms with van der Waals surface area (Å²) in [6, 6.07) is 3.04. The van der Waals surface area contributed by atoms with Gasteiger partial charge in [-0.25, -0.2) is 9.97 Å². The molecule has 0 radical (unpaired) electrons. The monoisotopic (exact) mass is 473 g/mol. The smallest absolute Gasteiger partial charge is 0.343 e. The van der Waals surface area contributed by atoms with Crippen molar-refractivity contribution in [3.63, 3.8) is 0 Å². The first kappa shape index (κ1) is 21.1. The van der Waals surface area contributed by atoms with E-state index in [2.05, 4.69) is 25.0 Å². The van der Waals surface area contributed by atoms with Gasteiger partial charge in [0.25, 0.3) is 5.91 Å². The van der Waals surface area contributed by atoms with Crippen molar-refractivity contribution in [3.8, 4) is 22.8 Å². The largest absolute Gasteiger partial charge is 0.417 e. The van der Waals surface area contributed by atoms with Crippen molar-refractivity contribution in [1.29, 1.82) is 0 Å². The standard InChI is InChI=1S/C21H15ClF3N7O/c1-11-10-31(12-2-3-14(15(22)6-12)21(23,24)25)20(33)18-13(7-29-32(11)18)16-9-28-19(30-16)17-8-26-4-5-27-17/h2-9,11H,10H2,1H3,(H,28,30)/t11-/m0/s1. The van der Waals surface area contributed by atoms with Gasteiger partial charge in [-0.2, -0.15) is 18.3 Å². The Hall–Kier alpha value is -3.73. The highest BCUT2D eigenvalue weighted by Crippen LogP contribution is 2.38. The van der Waals surface area contributed by atoms with Gasteiger partial charge in [-0.05, 0) is 25.1 Å². The van der Waals surface area contributed by atoms with E-state index in [1.165, 1.54) is 17.2 Å². The quantitative estimate of drug-likeness (QED) is 0.468. The number of H-pyrrole nitrogens is 1. The normalized spacial score (nSPS) is 16.2. The summed E-state index contributed by atoms with van der Waals surface area (Å²) in [4.78, 5) is 30.6. The molecule has 1 aliphatic rings. The summed E-state index contributed by atoms with van der Waals surface area (Å²) < 4.78 is 40.9. The molecule has 1 amide bonds. The van der Waals surface area contributed by atoms with Gasteiger partial charge in [-0.1, -0.05) is 11.6 Å². The van der Waals surface area contributed by atoms with E-state index >= 15 is 0 Å². The van der Waals surface area contributed by atoms with Crippen molar-refractivity contribution in [1.82, 2.24) is 29.7 Å². The number of alkyl halides is 3. The second-order valence-electron chi connectivity index (χ2n) is 7.50. The molecule has 1 aromatic carbocycles. The molecule has 4 heterocycles. The highest BCUT2D eigenvalue weighted by molar-refractivity contribution is 6.31. The topological polar surface area (TPSA) is 92.6 Å². The number of carbonyl (C=O) groups excluding carboxylic acids is 1. The molecule has 3 aromatic heterocycles. The molecule has 5 rings (SSSR count). The van der Waals surface area contributed by atoms with Crippen LogP contribution < -0.4 is 4.90 Å². The zero-order valence-electron chi connectivity index (χ0n) is 17.0. The lowest BCUT2D eigenvalue weighted by atomic mass is 10.1. The molecule has 1 N–H and O–H groups in total. The minimum atomic E-state index is -4.58. The summed E-state index contributed by atoms with van der Waals surface area (Å²) in [5.74, 6) is 0.0567. The average molecular weight is 474 g/mol. The van der Waals surface area contributed by atoms with Gasteiger partial charge in [0.1, 0.15) is 11.4 Å². The minimum absolute atomic E-state index is 0.222. The lowest BCUT2D eigenvalue weighted by Crippen LogP contribution is -2.42. The van der Waals surface area contributed by atoms with Crippen molar-refractivity contribution in [2.24, 2.45) is 0 Å². The van der Waals surface area contributed by atoms with Crippen molar-refractivity contribution in [3.05, 3.63) is 65.5 Å². The number of imidazole rings is 1. The molecule has 168 valence electrons. The number of aromatic amines is 1. The average Bonchev–Trinajstić information content (AvgIpc) is 3.43. The molecule has 12 heteroatoms. The number of nitrogens with zero attached hydrogens (tertiary/aromatic N) is 6. The molecule has 0 aliphatic carbocycles. The SMILES string of the molecule is C[C@H]1CN(c2ccc(C(F)(F)F)c(Cl)c2)C(=O)c2c(-c3c[nH]c(-c4cnccn4)n3)cnn21. The van der Waals surface area contributed by atoms with Crippen LogP contribution in [0.25, 0.3) is 22.8 Å². The van der Waals surface area contributed by atoms with Crippen LogP contribution in [0.15, 0.2) is 49.2 Å². The number of carbonyl (C=O) groups is 1. The van der Waals surface area contributed by atoms with Crippen LogP contribution in [-0.2, 0) is 6.18 Å². The van der Waals surface area contributed by atoms with E-state index in [4.69, 9.17) is 11.6 Å². The highest BCUT2D eigenvalue weighted by atomic mass is 35.5. The lowest BCUT2D eigenvalue weighted by molar-refractivity contribution is -0.137. The summed E-state index contributed by atoms with van der Waals surface area (Å²) in [6.45, 7) is 2.08. The maximum atomic E-state index is 13.4. The Bertz CT molecular complexity index is 1350. The van der Waals surface area contributed by atoms with Crippen LogP contribution in [0.2, 0.25) is 5.02 Å². The Labute approximate surface area is 190 Å². The molecule has 0 spiro atoms. The number of benzene rings is 1. The van der Waals surface area contributed by atoms with Crippen LogP contribution in [0.1, 0.15) is 29.0 Å². The third kappa shape index (κ3) is 3.63. The van der Waals surface area contributed by atoms with Crippen LogP contribution in [-0.4, -0.2) is 42.2 Å². The number of rotatable bonds is 3. The van der Waals surface area contributed by atoms with Crippen molar-refractivity contribution >= 4 is 23.2 Å². The van der Waals surface area contributed by atoms with Gasteiger partial charge >= 0.3 is 6.18 Å². The first-order valence-electron chi connectivity index (χ1n) is 9.82. The number of halogens is 4. The van der Waals surface area contributed by atoms with Gasteiger partial charge in [0.2, 0.25) is 0 Å². The Kier molecular flexibility index (Phi) is 4.93. The van der Waals surface area contributed by atoms with E-state index in [0.29, 0.717) is 22.8 Å². The molecule has 4 aromatic rings. The van der Waals surface area contributed by atoms with E-state index in [-0.39, 0.29) is 24.0 Å². The summed E-state index contributed by atoms with van der Waals surface area (Å²) >= 11 is 5.88. The third-order valence-corrected chi connectivity index (χ3v) is 5.65. The summed E-state index contributed by atoms with van der Waals surface area (Å²) in [7, 11) is 0. The number of nitrogens with one attached hydrogen (secondary N) is 1. The molecule has 1 aliphatic heterocycles. The fourth-order valence-corrected chi connectivity index (χ4v) is 4.07. The highest BCUT2D eigenvalue weighted by Gasteiger charge is 2.36. The number of hydrogen-bond acceptors (Lipinski definition) is 5. The van der Waals surface area contributed by atoms with Crippen molar-refractivity contribution in [2.45, 2.75) is 19.1 Å². The van der Waals surface area contributed by atoms with Crippen molar-refractivity contribution < 1.29 is 18.0 Å². The van der Waals surface area contributed by atoms with Gasteiger partial charge in [0, 0.05) is 30.8 Å². The Morgan fingerprint density at radius 3 is 2.70 bits per heavy atom. The molecule has 0 saturated carbocycles. The molecular weight excluding hydrogens is 459 g/mol. The predicted octanol–water partition coefficient (Wildman–Crippen LogP) is 4.62. The van der Waals surface area contributed by atoms with E-state index in [9.17, 15) is 18.0 Å². The van der Waals surface area contributed by atoms with E-state index in [1.807, 2.05) is 6.92 Å². The first-order chi connectivity index (χ1) is 15.7. The fraction of sp³-hybridized carbons (Fsp3) is 0.190. The maximum absolute atomic E-state index is 13.4. The molecule has 33 heavy (non-hydrogen) atoms. The van der Waals surface area contributed by atoms with Crippen molar-refractivity contribution in [2.75, 3.05) is 11.4 Å². The Balaban J connectivity index is 1.53. The van der Waals surface area contributed by atoms with E-state index in [0.717, 1.165) is 12.1 Å². The minimum Gasteiger partial charge on any atom is -0.343 e. The Morgan fingerprint density at radius 1 is 1.18 bits per heavy atom. The van der Waals surface area contributed by atoms with E-state index < -0.39 is 22.7 Å². The first-order valence-corrected chi connectivity index (χ1v) is 10.2. The Morgan fingerprint density at radius 2 is 2.00 bits per heavy atom. The maximum Gasteiger partial charge on any atom is 0.417 e. The molecule has 0 unspecified atom stereocenters. The predicted molar refractivity (Wildman–Crippen MR) is 114 cm³/mol. The zero-order chi connectivity index (χ0) is 23.3. The van der Waals surface area contributed by atoms with Crippen LogP contribution in [0.3, 0.4) is 0 Å². The summed E-state index contributed by atoms with van der Waals surface area (Å²) in [6.07, 6.45) is 3.24. The van der Waals surface area contributed by atoms with E-state index in [1.54, 1.807) is 29.5 Å². The van der Waals surface area contributed by atoms with Gasteiger partial charge in [0.15, 0.2) is 5.82 Å². The number of hydrogen-bond donors (Lipinski definition) is 1. The van der Waals surface area contributed by atoms with Crippen LogP contribution in [0.4, 0.5) is 18.9 Å².